The van der Waals surface area contributed by atoms with Gasteiger partial charge in [-0.05, 0) is 50.7 Å². The first-order valence-electron chi connectivity index (χ1n) is 7.71. The number of nitrogens with zero attached hydrogens (tertiary/aromatic N) is 2. The first-order chi connectivity index (χ1) is 9.26. The van der Waals surface area contributed by atoms with Crippen LogP contribution < -0.4 is 10.2 Å². The van der Waals surface area contributed by atoms with Crippen molar-refractivity contribution in [1.29, 1.82) is 0 Å². The van der Waals surface area contributed by atoms with Crippen LogP contribution in [-0.2, 0) is 0 Å². The van der Waals surface area contributed by atoms with Gasteiger partial charge in [-0.15, -0.1) is 0 Å². The Morgan fingerprint density at radius 1 is 1.26 bits per heavy atom. The molecule has 2 unspecified atom stereocenters. The van der Waals surface area contributed by atoms with Crippen LogP contribution in [0.15, 0.2) is 18.3 Å². The molecule has 0 spiro atoms. The number of anilines is 1. The van der Waals surface area contributed by atoms with E-state index < -0.39 is 0 Å². The highest BCUT2D eigenvalue weighted by molar-refractivity contribution is 5.41. The lowest BCUT2D eigenvalue weighted by molar-refractivity contribution is 0.345. The van der Waals surface area contributed by atoms with Crippen LogP contribution in [0.4, 0.5) is 5.82 Å². The Morgan fingerprint density at radius 3 is 2.58 bits per heavy atom. The van der Waals surface area contributed by atoms with Crippen LogP contribution in [-0.4, -0.2) is 29.7 Å². The Hall–Kier alpha value is -1.09. The Morgan fingerprint density at radius 2 is 2.00 bits per heavy atom. The molecule has 2 bridgehead atoms. The molecule has 3 rings (SSSR count). The third-order valence-electron chi connectivity index (χ3n) is 4.54. The summed E-state index contributed by atoms with van der Waals surface area (Å²) in [6, 6.07) is 6.53. The molecule has 3 heterocycles. The van der Waals surface area contributed by atoms with Gasteiger partial charge >= 0.3 is 0 Å². The van der Waals surface area contributed by atoms with E-state index in [-0.39, 0.29) is 0 Å². The topological polar surface area (TPSA) is 28.2 Å². The predicted octanol–water partition coefficient (Wildman–Crippen LogP) is 2.89. The van der Waals surface area contributed by atoms with Gasteiger partial charge < -0.3 is 10.2 Å². The number of pyridine rings is 1. The van der Waals surface area contributed by atoms with Gasteiger partial charge in [-0.1, -0.05) is 13.0 Å². The van der Waals surface area contributed by atoms with Gasteiger partial charge in [0.1, 0.15) is 5.82 Å². The van der Waals surface area contributed by atoms with Gasteiger partial charge in [0.05, 0.1) is 0 Å². The monoisotopic (exact) mass is 259 g/mol. The van der Waals surface area contributed by atoms with Crippen LogP contribution in [0.25, 0.3) is 0 Å². The van der Waals surface area contributed by atoms with E-state index in [1.165, 1.54) is 43.5 Å². The number of aryl methyl sites for hydroxylation is 1. The molecule has 0 aliphatic carbocycles. The van der Waals surface area contributed by atoms with E-state index in [4.69, 9.17) is 0 Å². The molecule has 104 valence electrons. The molecule has 3 nitrogen and oxygen atoms in total. The molecule has 0 radical (unpaired) electrons. The molecule has 1 aromatic rings. The van der Waals surface area contributed by atoms with Gasteiger partial charge in [-0.2, -0.15) is 0 Å². The van der Waals surface area contributed by atoms with Gasteiger partial charge in [0, 0.05) is 30.9 Å². The summed E-state index contributed by atoms with van der Waals surface area (Å²) in [4.78, 5) is 7.20. The quantitative estimate of drug-likeness (QED) is 0.901. The van der Waals surface area contributed by atoms with Crippen LogP contribution in [0.2, 0.25) is 0 Å². The Labute approximate surface area is 116 Å². The molecule has 0 saturated carbocycles. The Kier molecular flexibility index (Phi) is 3.74. The molecular formula is C16H25N3. The van der Waals surface area contributed by atoms with Crippen molar-refractivity contribution < 1.29 is 0 Å². The van der Waals surface area contributed by atoms with Gasteiger partial charge in [-0.3, -0.25) is 0 Å². The molecular weight excluding hydrogens is 234 g/mol. The summed E-state index contributed by atoms with van der Waals surface area (Å²) >= 11 is 0. The Balaban J connectivity index is 1.78. The van der Waals surface area contributed by atoms with Crippen molar-refractivity contribution in [2.24, 2.45) is 0 Å². The fourth-order valence-corrected chi connectivity index (χ4v) is 3.64. The van der Waals surface area contributed by atoms with Crippen molar-refractivity contribution >= 4 is 5.82 Å². The third-order valence-corrected chi connectivity index (χ3v) is 4.54. The van der Waals surface area contributed by atoms with E-state index >= 15 is 0 Å². The van der Waals surface area contributed by atoms with Gasteiger partial charge in [0.2, 0.25) is 0 Å². The highest BCUT2D eigenvalue weighted by Gasteiger charge is 2.36. The van der Waals surface area contributed by atoms with Gasteiger partial charge in [0.25, 0.3) is 0 Å². The summed E-state index contributed by atoms with van der Waals surface area (Å²) in [6.45, 7) is 5.49. The SMILES string of the molecule is CCCN(c1ccc(C)cn1)C1CC2CCC(C1)N2. The summed E-state index contributed by atoms with van der Waals surface area (Å²) in [5.41, 5.74) is 1.24. The molecule has 0 amide bonds. The van der Waals surface area contributed by atoms with Gasteiger partial charge in [0.15, 0.2) is 0 Å². The molecule has 2 aliphatic heterocycles. The summed E-state index contributed by atoms with van der Waals surface area (Å²) < 4.78 is 0. The van der Waals surface area contributed by atoms with E-state index in [2.05, 4.69) is 41.2 Å². The Bertz CT molecular complexity index is 403. The number of fused-ring (bicyclic) bond motifs is 2. The van der Waals surface area contributed by atoms with E-state index in [0.717, 1.165) is 18.6 Å². The fraction of sp³-hybridized carbons (Fsp3) is 0.688. The number of hydrogen-bond acceptors (Lipinski definition) is 3. The summed E-state index contributed by atoms with van der Waals surface area (Å²) in [7, 11) is 0. The molecule has 3 heteroatoms. The summed E-state index contributed by atoms with van der Waals surface area (Å²) in [6.07, 6.45) is 8.48. The van der Waals surface area contributed by atoms with Crippen molar-refractivity contribution in [3.05, 3.63) is 23.9 Å². The van der Waals surface area contributed by atoms with Crippen LogP contribution >= 0.6 is 0 Å². The maximum atomic E-state index is 4.65. The molecule has 2 aliphatic rings. The first kappa shape index (κ1) is 12.9. The lowest BCUT2D eigenvalue weighted by Gasteiger charge is -2.38. The van der Waals surface area contributed by atoms with E-state index in [9.17, 15) is 0 Å². The second kappa shape index (κ2) is 5.49. The van der Waals surface area contributed by atoms with Crippen molar-refractivity contribution in [2.75, 3.05) is 11.4 Å². The number of hydrogen-bond donors (Lipinski definition) is 1. The average Bonchev–Trinajstić information content (AvgIpc) is 2.76. The number of nitrogens with one attached hydrogen (secondary N) is 1. The van der Waals surface area contributed by atoms with Gasteiger partial charge in [-0.25, -0.2) is 4.98 Å². The smallest absolute Gasteiger partial charge is 0.128 e. The lowest BCUT2D eigenvalue weighted by atomic mass is 9.98. The van der Waals surface area contributed by atoms with Crippen LogP contribution in [0, 0.1) is 6.92 Å². The zero-order valence-corrected chi connectivity index (χ0v) is 12.1. The normalized spacial score (nSPS) is 29.5. The summed E-state index contributed by atoms with van der Waals surface area (Å²) in [5, 5.41) is 3.73. The molecule has 1 aromatic heterocycles. The fourth-order valence-electron chi connectivity index (χ4n) is 3.64. The van der Waals surface area contributed by atoms with E-state index in [1.54, 1.807) is 0 Å². The summed E-state index contributed by atoms with van der Waals surface area (Å²) in [5.74, 6) is 1.17. The third kappa shape index (κ3) is 2.76. The predicted molar refractivity (Wildman–Crippen MR) is 79.6 cm³/mol. The molecule has 0 aromatic carbocycles. The zero-order chi connectivity index (χ0) is 13.2. The number of piperidine rings is 1. The minimum atomic E-state index is 0.675. The first-order valence-corrected chi connectivity index (χ1v) is 7.71. The maximum Gasteiger partial charge on any atom is 0.128 e. The highest BCUT2D eigenvalue weighted by Crippen LogP contribution is 2.31. The largest absolute Gasteiger partial charge is 0.354 e. The molecule has 1 N–H and O–H groups in total. The van der Waals surface area contributed by atoms with Crippen LogP contribution in [0.5, 0.6) is 0 Å². The van der Waals surface area contributed by atoms with Crippen LogP contribution in [0.3, 0.4) is 0 Å². The average molecular weight is 259 g/mol. The molecule has 2 saturated heterocycles. The van der Waals surface area contributed by atoms with E-state index in [0.29, 0.717) is 6.04 Å². The molecule has 2 fully saturated rings. The molecule has 19 heavy (non-hydrogen) atoms. The minimum Gasteiger partial charge on any atom is -0.354 e. The van der Waals surface area contributed by atoms with Crippen molar-refractivity contribution in [2.45, 2.75) is 64.1 Å². The van der Waals surface area contributed by atoms with E-state index in [1.807, 2.05) is 6.20 Å². The number of rotatable bonds is 4. The van der Waals surface area contributed by atoms with Crippen LogP contribution in [0.1, 0.15) is 44.6 Å². The zero-order valence-electron chi connectivity index (χ0n) is 12.1. The minimum absolute atomic E-state index is 0.675. The van der Waals surface area contributed by atoms with Crippen molar-refractivity contribution in [1.82, 2.24) is 10.3 Å². The second-order valence-corrected chi connectivity index (χ2v) is 6.15. The standard InChI is InChI=1S/C16H25N3/c1-3-8-19(16-7-4-12(2)11-17-16)15-9-13-5-6-14(10-15)18-13/h4,7,11,13-15,18H,3,5-6,8-10H2,1-2H3. The maximum absolute atomic E-state index is 4.65. The molecule has 2 atom stereocenters. The number of aromatic nitrogens is 1. The second-order valence-electron chi connectivity index (χ2n) is 6.15. The van der Waals surface area contributed by atoms with Crippen molar-refractivity contribution in [3.8, 4) is 0 Å². The lowest BCUT2D eigenvalue weighted by Crippen LogP contribution is -2.48. The highest BCUT2D eigenvalue weighted by atomic mass is 15.2. The van der Waals surface area contributed by atoms with Crippen molar-refractivity contribution in [3.63, 3.8) is 0 Å².